The molecule has 2 heterocycles. The van der Waals surface area contributed by atoms with Gasteiger partial charge < -0.3 is 20.8 Å². The average Bonchev–Trinajstić information content (AvgIpc) is 3.09. The minimum Gasteiger partial charge on any atom is -0.405 e. The molecule has 0 saturated carbocycles. The highest BCUT2D eigenvalue weighted by Crippen LogP contribution is 2.38. The quantitative estimate of drug-likeness (QED) is 0.564. The van der Waals surface area contributed by atoms with Crippen molar-refractivity contribution in [2.24, 2.45) is 11.7 Å². The van der Waals surface area contributed by atoms with E-state index in [0.29, 0.717) is 23.0 Å². The number of amides is 1. The van der Waals surface area contributed by atoms with E-state index in [1.54, 1.807) is 18.3 Å². The number of nitrogens with one attached hydrogen (secondary N) is 2. The number of nitrogens with zero attached hydrogens (tertiary/aromatic N) is 1. The van der Waals surface area contributed by atoms with Gasteiger partial charge in [-0.15, -0.1) is 13.2 Å². The molecule has 29 heavy (non-hydrogen) atoms. The molecule has 3 aromatic rings. The fourth-order valence-corrected chi connectivity index (χ4v) is 3.08. The Hall–Kier alpha value is -3.07. The maximum absolute atomic E-state index is 13.0. The van der Waals surface area contributed by atoms with E-state index in [4.69, 9.17) is 5.73 Å². The molecule has 0 radical (unpaired) electrons. The lowest BCUT2D eigenvalue weighted by molar-refractivity contribution is -0.274. The number of aromatic nitrogens is 2. The lowest BCUT2D eigenvalue weighted by Gasteiger charge is -2.17. The summed E-state index contributed by atoms with van der Waals surface area (Å²) < 4.78 is 43.3. The highest BCUT2D eigenvalue weighted by atomic mass is 19.4. The van der Waals surface area contributed by atoms with Crippen LogP contribution < -0.4 is 15.8 Å². The summed E-state index contributed by atoms with van der Waals surface area (Å²) in [6.45, 7) is 3.85. The fourth-order valence-electron chi connectivity index (χ4n) is 3.08. The van der Waals surface area contributed by atoms with E-state index >= 15 is 0 Å². The normalized spacial score (nSPS) is 12.9. The molecule has 0 bridgehead atoms. The summed E-state index contributed by atoms with van der Waals surface area (Å²) in [7, 11) is 0. The number of nitrogens with two attached hydrogens (primary N) is 1. The number of anilines is 1. The summed E-state index contributed by atoms with van der Waals surface area (Å²) in [5.41, 5.74) is 7.29. The Labute approximate surface area is 165 Å². The van der Waals surface area contributed by atoms with Crippen LogP contribution in [0, 0.1) is 5.92 Å². The van der Waals surface area contributed by atoms with Crippen LogP contribution in [-0.4, -0.2) is 28.3 Å². The maximum atomic E-state index is 13.0. The molecule has 6 nitrogen and oxygen atoms in total. The van der Waals surface area contributed by atoms with Gasteiger partial charge >= 0.3 is 6.36 Å². The van der Waals surface area contributed by atoms with Crippen molar-refractivity contribution in [3.63, 3.8) is 0 Å². The van der Waals surface area contributed by atoms with E-state index in [0.717, 1.165) is 6.07 Å². The number of rotatable bonds is 6. The van der Waals surface area contributed by atoms with Gasteiger partial charge in [-0.05, 0) is 42.2 Å². The Morgan fingerprint density at radius 2 is 2.00 bits per heavy atom. The number of hydrogen-bond acceptors (Lipinski definition) is 4. The number of H-pyrrole nitrogens is 1. The molecule has 2 aromatic heterocycles. The molecule has 3 rings (SSSR count). The third kappa shape index (κ3) is 5.05. The van der Waals surface area contributed by atoms with Gasteiger partial charge in [-0.1, -0.05) is 13.8 Å². The second-order valence-electron chi connectivity index (χ2n) is 7.08. The molecule has 154 valence electrons. The largest absolute Gasteiger partial charge is 0.573 e. The summed E-state index contributed by atoms with van der Waals surface area (Å²) in [6.07, 6.45) is -1.30. The Morgan fingerprint density at radius 1 is 1.24 bits per heavy atom. The van der Waals surface area contributed by atoms with Crippen LogP contribution in [0.2, 0.25) is 0 Å². The predicted octanol–water partition coefficient (Wildman–Crippen LogP) is 4.44. The first kappa shape index (κ1) is 20.7. The van der Waals surface area contributed by atoms with Crippen molar-refractivity contribution in [1.29, 1.82) is 0 Å². The Morgan fingerprint density at radius 3 is 2.69 bits per heavy atom. The molecule has 0 aliphatic rings. The smallest absolute Gasteiger partial charge is 0.405 e. The van der Waals surface area contributed by atoms with Crippen molar-refractivity contribution in [2.45, 2.75) is 32.7 Å². The number of fused-ring (bicyclic) bond motifs is 1. The summed E-state index contributed by atoms with van der Waals surface area (Å²) in [4.78, 5) is 19.3. The third-order valence-corrected chi connectivity index (χ3v) is 4.29. The second kappa shape index (κ2) is 8.12. The number of halogens is 3. The minimum absolute atomic E-state index is 0.163. The number of pyridine rings is 1. The molecule has 0 spiro atoms. The Kier molecular flexibility index (Phi) is 5.78. The van der Waals surface area contributed by atoms with E-state index < -0.39 is 24.1 Å². The van der Waals surface area contributed by atoms with Crippen molar-refractivity contribution in [3.8, 4) is 16.9 Å². The maximum Gasteiger partial charge on any atom is 0.573 e. The molecular weight excluding hydrogens is 385 g/mol. The van der Waals surface area contributed by atoms with Crippen LogP contribution in [0.4, 0.5) is 18.9 Å². The summed E-state index contributed by atoms with van der Waals surface area (Å²) in [5, 5.41) is 3.20. The van der Waals surface area contributed by atoms with Crippen LogP contribution in [-0.2, 0) is 4.79 Å². The van der Waals surface area contributed by atoms with E-state index in [9.17, 15) is 18.0 Å². The van der Waals surface area contributed by atoms with Crippen LogP contribution in [0.15, 0.2) is 42.7 Å². The number of carbonyl (C=O) groups is 1. The Balaban J connectivity index is 1.98. The zero-order chi connectivity index (χ0) is 21.2. The number of aromatic amines is 1. The lowest BCUT2D eigenvalue weighted by atomic mass is 10.0. The van der Waals surface area contributed by atoms with Crippen LogP contribution in [0.25, 0.3) is 22.2 Å². The summed E-state index contributed by atoms with van der Waals surface area (Å²) in [6, 6.07) is 6.67. The first-order valence-electron chi connectivity index (χ1n) is 9.03. The topological polar surface area (TPSA) is 93.0 Å². The molecule has 0 saturated heterocycles. The van der Waals surface area contributed by atoms with E-state index in [1.807, 2.05) is 13.8 Å². The van der Waals surface area contributed by atoms with Crippen molar-refractivity contribution in [2.75, 3.05) is 5.32 Å². The molecule has 0 fully saturated rings. The van der Waals surface area contributed by atoms with Gasteiger partial charge in [-0.2, -0.15) is 0 Å². The van der Waals surface area contributed by atoms with Gasteiger partial charge in [-0.3, -0.25) is 4.79 Å². The number of alkyl halides is 3. The Bertz CT molecular complexity index is 1010. The second-order valence-corrected chi connectivity index (χ2v) is 7.08. The van der Waals surface area contributed by atoms with Gasteiger partial charge in [0.2, 0.25) is 5.91 Å². The van der Waals surface area contributed by atoms with Crippen molar-refractivity contribution in [3.05, 3.63) is 42.7 Å². The standard InChI is InChI=1S/C20H21F3N4O2/c1-11(2)9-16(24)19(28)27-12-3-4-14(17(10-12)29-20(21,22)23)13-5-7-25-18-15(13)6-8-26-18/h3-8,10-11,16H,9,24H2,1-2H3,(H,25,26)(H,27,28)/t16-/m1/s1. The third-order valence-electron chi connectivity index (χ3n) is 4.29. The highest BCUT2D eigenvalue weighted by molar-refractivity contribution is 5.97. The van der Waals surface area contributed by atoms with Crippen LogP contribution in [0.5, 0.6) is 5.75 Å². The number of hydrogen-bond donors (Lipinski definition) is 3. The van der Waals surface area contributed by atoms with E-state index in [-0.39, 0.29) is 17.2 Å². The van der Waals surface area contributed by atoms with Gasteiger partial charge in [-0.25, -0.2) is 4.98 Å². The molecule has 0 aliphatic heterocycles. The molecule has 1 aromatic carbocycles. The highest BCUT2D eigenvalue weighted by Gasteiger charge is 2.32. The van der Waals surface area contributed by atoms with Crippen LogP contribution in [0.3, 0.4) is 0 Å². The summed E-state index contributed by atoms with van der Waals surface area (Å²) in [5.74, 6) is -0.694. The van der Waals surface area contributed by atoms with Crippen molar-refractivity contribution in [1.82, 2.24) is 9.97 Å². The van der Waals surface area contributed by atoms with E-state index in [2.05, 4.69) is 20.0 Å². The average molecular weight is 406 g/mol. The molecule has 0 unspecified atom stereocenters. The van der Waals surface area contributed by atoms with Gasteiger partial charge in [0.25, 0.3) is 0 Å². The van der Waals surface area contributed by atoms with Crippen LogP contribution in [0.1, 0.15) is 20.3 Å². The predicted molar refractivity (Wildman–Crippen MR) is 104 cm³/mol. The SMILES string of the molecule is CC(C)C[C@@H](N)C(=O)Nc1ccc(-c2ccnc3[nH]ccc23)c(OC(F)(F)F)c1. The monoisotopic (exact) mass is 406 g/mol. The van der Waals surface area contributed by atoms with Crippen molar-refractivity contribution >= 4 is 22.6 Å². The molecular formula is C20H21F3N4O2. The lowest BCUT2D eigenvalue weighted by Crippen LogP contribution is -2.36. The fraction of sp³-hybridized carbons (Fsp3) is 0.300. The minimum atomic E-state index is -4.89. The van der Waals surface area contributed by atoms with Gasteiger partial charge in [0, 0.05) is 35.1 Å². The molecule has 0 aliphatic carbocycles. The van der Waals surface area contributed by atoms with Crippen LogP contribution >= 0.6 is 0 Å². The van der Waals surface area contributed by atoms with E-state index in [1.165, 1.54) is 18.3 Å². The molecule has 9 heteroatoms. The molecule has 1 amide bonds. The van der Waals surface area contributed by atoms with Gasteiger partial charge in [0.15, 0.2) is 0 Å². The summed E-state index contributed by atoms with van der Waals surface area (Å²) >= 11 is 0. The molecule has 4 N–H and O–H groups in total. The number of ether oxygens (including phenoxy) is 1. The van der Waals surface area contributed by atoms with Crippen molar-refractivity contribution < 1.29 is 22.7 Å². The zero-order valence-corrected chi connectivity index (χ0v) is 15.9. The number of carbonyl (C=O) groups excluding carboxylic acids is 1. The van der Waals surface area contributed by atoms with Gasteiger partial charge in [0.05, 0.1) is 6.04 Å². The first-order valence-corrected chi connectivity index (χ1v) is 9.03. The first-order chi connectivity index (χ1) is 13.6. The zero-order valence-electron chi connectivity index (χ0n) is 15.9. The molecule has 1 atom stereocenters. The van der Waals surface area contributed by atoms with Gasteiger partial charge in [0.1, 0.15) is 11.4 Å². The number of benzene rings is 1.